The third kappa shape index (κ3) is 4.70. The van der Waals surface area contributed by atoms with E-state index in [1.165, 1.54) is 0 Å². The highest BCUT2D eigenvalue weighted by atomic mass is 35.5. The van der Waals surface area contributed by atoms with Crippen LogP contribution in [-0.2, 0) is 15.0 Å². The second-order valence-corrected chi connectivity index (χ2v) is 8.03. The molecule has 0 saturated carbocycles. The molecule has 1 N–H and O–H groups in total. The lowest BCUT2D eigenvalue weighted by Crippen LogP contribution is -2.46. The van der Waals surface area contributed by atoms with Gasteiger partial charge in [0.25, 0.3) is 0 Å². The minimum absolute atomic E-state index is 0.0847. The van der Waals surface area contributed by atoms with Gasteiger partial charge in [0.1, 0.15) is 0 Å². The summed E-state index contributed by atoms with van der Waals surface area (Å²) in [5, 5.41) is 10.6. The lowest BCUT2D eigenvalue weighted by molar-refractivity contribution is -0.143. The average molecular weight is 401 g/mol. The van der Waals surface area contributed by atoms with Gasteiger partial charge in [-0.25, -0.2) is 0 Å². The maximum Gasteiger partial charge on any atom is 0.313 e. The van der Waals surface area contributed by atoms with Crippen molar-refractivity contribution in [3.8, 4) is 0 Å². The highest BCUT2D eigenvalue weighted by molar-refractivity contribution is 6.42. The van der Waals surface area contributed by atoms with E-state index >= 15 is 0 Å². The molecule has 1 fully saturated rings. The summed E-state index contributed by atoms with van der Waals surface area (Å²) in [7, 11) is 1.84. The smallest absolute Gasteiger partial charge is 0.313 e. The summed E-state index contributed by atoms with van der Waals surface area (Å²) < 4.78 is 0. The van der Waals surface area contributed by atoms with Crippen LogP contribution in [0.5, 0.6) is 0 Å². The standard InChI is InChI=1S/C19H26Cl2N2O3/c1-13(24)22(3)15-6-9-23(10-7-15)11-8-19(2,18(25)26)14-4-5-16(20)17(21)12-14/h4-5,12,15H,6-11H2,1-3H3,(H,25,26). The van der Waals surface area contributed by atoms with Crippen LogP contribution in [0.4, 0.5) is 0 Å². The van der Waals surface area contributed by atoms with Gasteiger partial charge in [0.05, 0.1) is 15.5 Å². The Morgan fingerprint density at radius 3 is 2.38 bits per heavy atom. The van der Waals surface area contributed by atoms with Crippen molar-refractivity contribution in [2.24, 2.45) is 0 Å². The summed E-state index contributed by atoms with van der Waals surface area (Å²) in [6.07, 6.45) is 2.30. The number of piperidine rings is 1. The van der Waals surface area contributed by atoms with E-state index in [9.17, 15) is 14.7 Å². The summed E-state index contributed by atoms with van der Waals surface area (Å²) in [6.45, 7) is 5.71. The summed E-state index contributed by atoms with van der Waals surface area (Å²) in [5.74, 6) is -0.788. The van der Waals surface area contributed by atoms with Gasteiger partial charge < -0.3 is 14.9 Å². The maximum absolute atomic E-state index is 12.0. The number of benzene rings is 1. The normalized spacial score (nSPS) is 18.3. The fourth-order valence-electron chi connectivity index (χ4n) is 3.38. The second-order valence-electron chi connectivity index (χ2n) is 7.22. The van der Waals surface area contributed by atoms with E-state index in [-0.39, 0.29) is 11.9 Å². The van der Waals surface area contributed by atoms with E-state index in [1.807, 2.05) is 7.05 Å². The number of hydrogen-bond acceptors (Lipinski definition) is 3. The summed E-state index contributed by atoms with van der Waals surface area (Å²) in [6, 6.07) is 5.29. The number of carbonyl (C=O) groups is 2. The van der Waals surface area contributed by atoms with E-state index in [1.54, 1.807) is 36.9 Å². The molecular formula is C19H26Cl2N2O3. The number of carbonyl (C=O) groups excluding carboxylic acids is 1. The third-order valence-electron chi connectivity index (χ3n) is 5.56. The van der Waals surface area contributed by atoms with Crippen molar-refractivity contribution in [3.05, 3.63) is 33.8 Å². The predicted octanol–water partition coefficient (Wildman–Crippen LogP) is 3.67. The van der Waals surface area contributed by atoms with Crippen LogP contribution in [0.2, 0.25) is 10.0 Å². The summed E-state index contributed by atoms with van der Waals surface area (Å²) in [4.78, 5) is 27.5. The fraction of sp³-hybridized carbons (Fsp3) is 0.579. The van der Waals surface area contributed by atoms with Crippen LogP contribution < -0.4 is 0 Å². The molecule has 1 heterocycles. The van der Waals surface area contributed by atoms with Crippen molar-refractivity contribution in [2.75, 3.05) is 26.7 Å². The number of carboxylic acids is 1. The van der Waals surface area contributed by atoms with Crippen molar-refractivity contribution >= 4 is 35.1 Å². The van der Waals surface area contributed by atoms with Gasteiger partial charge in [-0.05, 0) is 50.4 Å². The average Bonchev–Trinajstić information content (AvgIpc) is 2.61. The number of carboxylic acid groups (broad SMARTS) is 1. The first kappa shape index (κ1) is 21.0. The molecule has 1 unspecified atom stereocenters. The van der Waals surface area contributed by atoms with Gasteiger partial charge in [0, 0.05) is 33.1 Å². The molecule has 0 aliphatic carbocycles. The van der Waals surface area contributed by atoms with Crippen molar-refractivity contribution in [2.45, 2.75) is 44.6 Å². The SMILES string of the molecule is CC(=O)N(C)C1CCN(CCC(C)(C(=O)O)c2ccc(Cl)c(Cl)c2)CC1. The Morgan fingerprint density at radius 2 is 1.88 bits per heavy atom. The Kier molecular flexibility index (Phi) is 6.94. The van der Waals surface area contributed by atoms with Crippen molar-refractivity contribution < 1.29 is 14.7 Å². The molecule has 26 heavy (non-hydrogen) atoms. The first-order valence-corrected chi connectivity index (χ1v) is 9.55. The summed E-state index contributed by atoms with van der Waals surface area (Å²) >= 11 is 12.0. The van der Waals surface area contributed by atoms with Gasteiger partial charge >= 0.3 is 5.97 Å². The molecule has 1 aliphatic heterocycles. The lowest BCUT2D eigenvalue weighted by atomic mass is 9.79. The molecule has 1 amide bonds. The largest absolute Gasteiger partial charge is 0.481 e. The Balaban J connectivity index is 2.00. The molecule has 144 valence electrons. The Morgan fingerprint density at radius 1 is 1.27 bits per heavy atom. The van der Waals surface area contributed by atoms with Crippen LogP contribution in [-0.4, -0.2) is 59.5 Å². The monoisotopic (exact) mass is 400 g/mol. The fourth-order valence-corrected chi connectivity index (χ4v) is 3.68. The molecule has 0 bridgehead atoms. The quantitative estimate of drug-likeness (QED) is 0.790. The van der Waals surface area contributed by atoms with Gasteiger partial charge in [0.15, 0.2) is 0 Å². The van der Waals surface area contributed by atoms with Crippen molar-refractivity contribution in [1.82, 2.24) is 9.80 Å². The molecule has 1 aliphatic rings. The van der Waals surface area contributed by atoms with E-state index in [0.717, 1.165) is 25.9 Å². The van der Waals surface area contributed by atoms with Gasteiger partial charge in [-0.15, -0.1) is 0 Å². The van der Waals surface area contributed by atoms with Crippen LogP contribution in [0.15, 0.2) is 18.2 Å². The highest BCUT2D eigenvalue weighted by Crippen LogP contribution is 2.33. The lowest BCUT2D eigenvalue weighted by Gasteiger charge is -2.37. The predicted molar refractivity (Wildman–Crippen MR) is 104 cm³/mol. The number of aliphatic carboxylic acids is 1. The molecule has 0 radical (unpaired) electrons. The molecule has 1 atom stereocenters. The van der Waals surface area contributed by atoms with Crippen LogP contribution >= 0.6 is 23.2 Å². The minimum atomic E-state index is -1.03. The number of likely N-dealkylation sites (tertiary alicyclic amines) is 1. The Hall–Kier alpha value is -1.30. The molecule has 5 nitrogen and oxygen atoms in total. The molecule has 7 heteroatoms. The number of amides is 1. The second kappa shape index (κ2) is 8.59. The molecule has 0 spiro atoms. The van der Waals surface area contributed by atoms with E-state index in [0.29, 0.717) is 28.6 Å². The molecule has 1 aromatic rings. The molecular weight excluding hydrogens is 375 g/mol. The summed E-state index contributed by atoms with van der Waals surface area (Å²) in [5.41, 5.74) is -0.369. The van der Waals surface area contributed by atoms with Gasteiger partial charge in [0.2, 0.25) is 5.91 Å². The van der Waals surface area contributed by atoms with Crippen LogP contribution in [0, 0.1) is 0 Å². The van der Waals surface area contributed by atoms with E-state index < -0.39 is 11.4 Å². The van der Waals surface area contributed by atoms with Crippen LogP contribution in [0.1, 0.15) is 38.7 Å². The van der Waals surface area contributed by atoms with E-state index in [4.69, 9.17) is 23.2 Å². The Labute approximate surface area is 164 Å². The first-order valence-electron chi connectivity index (χ1n) is 8.80. The van der Waals surface area contributed by atoms with Gasteiger partial charge in [-0.2, -0.15) is 0 Å². The van der Waals surface area contributed by atoms with Crippen LogP contribution in [0.3, 0.4) is 0 Å². The zero-order valence-corrected chi connectivity index (χ0v) is 17.0. The molecule has 1 aromatic carbocycles. The third-order valence-corrected chi connectivity index (χ3v) is 6.30. The minimum Gasteiger partial charge on any atom is -0.481 e. The number of halogens is 2. The Bertz CT molecular complexity index is 675. The first-order chi connectivity index (χ1) is 12.1. The highest BCUT2D eigenvalue weighted by Gasteiger charge is 2.36. The maximum atomic E-state index is 12.0. The van der Waals surface area contributed by atoms with Gasteiger partial charge in [-0.3, -0.25) is 9.59 Å². The molecule has 0 aromatic heterocycles. The number of rotatable bonds is 6. The van der Waals surface area contributed by atoms with Gasteiger partial charge in [-0.1, -0.05) is 29.3 Å². The zero-order valence-electron chi connectivity index (χ0n) is 15.5. The number of hydrogen-bond donors (Lipinski definition) is 1. The molecule has 1 saturated heterocycles. The number of nitrogens with zero attached hydrogens (tertiary/aromatic N) is 2. The topological polar surface area (TPSA) is 60.9 Å². The molecule has 2 rings (SSSR count). The van der Waals surface area contributed by atoms with Crippen molar-refractivity contribution in [1.29, 1.82) is 0 Å². The van der Waals surface area contributed by atoms with Crippen molar-refractivity contribution in [3.63, 3.8) is 0 Å². The van der Waals surface area contributed by atoms with E-state index in [2.05, 4.69) is 4.90 Å². The zero-order chi connectivity index (χ0) is 19.5. The van der Waals surface area contributed by atoms with Crippen LogP contribution in [0.25, 0.3) is 0 Å².